The molecule has 1 rings (SSSR count). The Balaban J connectivity index is 2.16. The van der Waals surface area contributed by atoms with Crippen molar-refractivity contribution in [2.75, 3.05) is 13.1 Å². The van der Waals surface area contributed by atoms with E-state index in [9.17, 15) is 9.59 Å². The van der Waals surface area contributed by atoms with Gasteiger partial charge in [-0.2, -0.15) is 0 Å². The van der Waals surface area contributed by atoms with E-state index in [2.05, 4.69) is 16.0 Å². The highest BCUT2D eigenvalue weighted by atomic mass is 16.2. The van der Waals surface area contributed by atoms with Crippen molar-refractivity contribution >= 4 is 11.8 Å². The minimum absolute atomic E-state index is 0.00540. The number of rotatable bonds is 7. The number of hydrogen-bond donors (Lipinski definition) is 3. The first kappa shape index (κ1) is 15.2. The Morgan fingerprint density at radius 3 is 2.26 bits per heavy atom. The largest absolute Gasteiger partial charge is 0.350 e. The Kier molecular flexibility index (Phi) is 6.60. The van der Waals surface area contributed by atoms with Crippen molar-refractivity contribution in [1.82, 2.24) is 16.0 Å². The lowest BCUT2D eigenvalue weighted by Crippen LogP contribution is -2.41. The van der Waals surface area contributed by atoms with Crippen LogP contribution in [0.25, 0.3) is 0 Å². The van der Waals surface area contributed by atoms with Crippen LogP contribution in [0, 0.1) is 0 Å². The molecule has 1 aromatic rings. The summed E-state index contributed by atoms with van der Waals surface area (Å²) in [4.78, 5) is 22.9. The summed E-state index contributed by atoms with van der Waals surface area (Å²) < 4.78 is 0. The third kappa shape index (κ3) is 7.21. The molecule has 3 N–H and O–H groups in total. The molecular formula is C14H21N3O2. The minimum atomic E-state index is -0.193. The van der Waals surface area contributed by atoms with Crippen LogP contribution in [0.1, 0.15) is 19.4 Å². The maximum absolute atomic E-state index is 11.5. The second-order valence-electron chi connectivity index (χ2n) is 4.57. The molecule has 0 atom stereocenters. The third-order valence-corrected chi connectivity index (χ3v) is 2.45. The lowest BCUT2D eigenvalue weighted by Gasteiger charge is -2.09. The number of hydrogen-bond acceptors (Lipinski definition) is 3. The van der Waals surface area contributed by atoms with Crippen molar-refractivity contribution < 1.29 is 9.59 Å². The summed E-state index contributed by atoms with van der Waals surface area (Å²) in [5.41, 5.74) is 1.03. The van der Waals surface area contributed by atoms with Gasteiger partial charge >= 0.3 is 0 Å². The Morgan fingerprint density at radius 2 is 1.63 bits per heavy atom. The van der Waals surface area contributed by atoms with Gasteiger partial charge in [0, 0.05) is 12.6 Å². The second-order valence-corrected chi connectivity index (χ2v) is 4.57. The average molecular weight is 263 g/mol. The van der Waals surface area contributed by atoms with E-state index in [4.69, 9.17) is 0 Å². The van der Waals surface area contributed by atoms with Crippen LogP contribution in [0.3, 0.4) is 0 Å². The molecule has 0 fully saturated rings. The van der Waals surface area contributed by atoms with Gasteiger partial charge < -0.3 is 16.0 Å². The highest BCUT2D eigenvalue weighted by Gasteiger charge is 2.05. The van der Waals surface area contributed by atoms with Crippen molar-refractivity contribution in [2.45, 2.75) is 26.4 Å². The fraction of sp³-hybridized carbons (Fsp3) is 0.429. The quantitative estimate of drug-likeness (QED) is 0.667. The lowest BCUT2D eigenvalue weighted by molar-refractivity contribution is -0.125. The van der Waals surface area contributed by atoms with Crippen molar-refractivity contribution in [3.8, 4) is 0 Å². The Morgan fingerprint density at radius 1 is 1.00 bits per heavy atom. The normalized spacial score (nSPS) is 10.3. The van der Waals surface area contributed by atoms with Crippen LogP contribution < -0.4 is 16.0 Å². The fourth-order valence-corrected chi connectivity index (χ4v) is 1.40. The molecule has 0 aliphatic carbocycles. The second kappa shape index (κ2) is 8.26. The summed E-state index contributed by atoms with van der Waals surface area (Å²) in [6.45, 7) is 4.62. The number of benzene rings is 1. The van der Waals surface area contributed by atoms with Gasteiger partial charge in [0.05, 0.1) is 13.1 Å². The molecule has 0 unspecified atom stereocenters. The van der Waals surface area contributed by atoms with Crippen molar-refractivity contribution in [3.63, 3.8) is 0 Å². The number of nitrogens with one attached hydrogen (secondary N) is 3. The molecule has 19 heavy (non-hydrogen) atoms. The van der Waals surface area contributed by atoms with Gasteiger partial charge in [-0.1, -0.05) is 44.2 Å². The summed E-state index contributed by atoms with van der Waals surface area (Å²) >= 11 is 0. The van der Waals surface area contributed by atoms with E-state index in [0.29, 0.717) is 6.54 Å². The van der Waals surface area contributed by atoms with Gasteiger partial charge in [0.15, 0.2) is 0 Å². The predicted molar refractivity (Wildman–Crippen MR) is 74.4 cm³/mol. The Bertz CT molecular complexity index is 404. The molecule has 0 saturated heterocycles. The Labute approximate surface area is 113 Å². The maximum Gasteiger partial charge on any atom is 0.239 e. The van der Waals surface area contributed by atoms with E-state index >= 15 is 0 Å². The SMILES string of the molecule is CC(C)NCC(=O)NCC(=O)NCc1ccccc1. The summed E-state index contributed by atoms with van der Waals surface area (Å²) in [6, 6.07) is 9.88. The molecule has 0 radical (unpaired) electrons. The molecule has 0 aliphatic heterocycles. The van der Waals surface area contributed by atoms with Crippen molar-refractivity contribution in [2.24, 2.45) is 0 Å². The monoisotopic (exact) mass is 263 g/mol. The molecule has 1 aromatic carbocycles. The van der Waals surface area contributed by atoms with E-state index in [0.717, 1.165) is 5.56 Å². The summed E-state index contributed by atoms with van der Waals surface area (Å²) in [6.07, 6.45) is 0. The molecule has 5 heteroatoms. The van der Waals surface area contributed by atoms with Crippen molar-refractivity contribution in [3.05, 3.63) is 35.9 Å². The maximum atomic E-state index is 11.5. The standard InChI is InChI=1S/C14H21N3O2/c1-11(2)15-9-13(18)17-10-14(19)16-8-12-6-4-3-5-7-12/h3-7,11,15H,8-10H2,1-2H3,(H,16,19)(H,17,18). The van der Waals surface area contributed by atoms with E-state index in [1.54, 1.807) is 0 Å². The zero-order chi connectivity index (χ0) is 14.1. The molecule has 0 heterocycles. The first-order valence-corrected chi connectivity index (χ1v) is 6.38. The van der Waals surface area contributed by atoms with Gasteiger partial charge in [-0.05, 0) is 5.56 Å². The third-order valence-electron chi connectivity index (χ3n) is 2.45. The number of amides is 2. The van der Waals surface area contributed by atoms with E-state index in [1.807, 2.05) is 44.2 Å². The number of carbonyl (C=O) groups is 2. The van der Waals surface area contributed by atoms with Gasteiger partial charge in [-0.15, -0.1) is 0 Å². The summed E-state index contributed by atoms with van der Waals surface area (Å²) in [7, 11) is 0. The van der Waals surface area contributed by atoms with Crippen LogP contribution in [-0.2, 0) is 16.1 Å². The van der Waals surface area contributed by atoms with Crippen LogP contribution >= 0.6 is 0 Å². The van der Waals surface area contributed by atoms with Gasteiger partial charge in [0.25, 0.3) is 0 Å². The lowest BCUT2D eigenvalue weighted by atomic mass is 10.2. The summed E-state index contributed by atoms with van der Waals surface area (Å²) in [5, 5.41) is 8.29. The summed E-state index contributed by atoms with van der Waals surface area (Å²) in [5.74, 6) is -0.370. The zero-order valence-electron chi connectivity index (χ0n) is 11.4. The van der Waals surface area contributed by atoms with Gasteiger partial charge in [-0.25, -0.2) is 0 Å². The molecule has 104 valence electrons. The zero-order valence-corrected chi connectivity index (χ0v) is 11.4. The number of carbonyl (C=O) groups excluding carboxylic acids is 2. The van der Waals surface area contributed by atoms with Gasteiger partial charge in [0.1, 0.15) is 0 Å². The molecule has 0 saturated carbocycles. The fourth-order valence-electron chi connectivity index (χ4n) is 1.40. The molecule has 0 spiro atoms. The highest BCUT2D eigenvalue weighted by molar-refractivity contribution is 5.85. The minimum Gasteiger partial charge on any atom is -0.350 e. The van der Waals surface area contributed by atoms with E-state index in [1.165, 1.54) is 0 Å². The first-order chi connectivity index (χ1) is 9.08. The molecule has 0 bridgehead atoms. The molecule has 5 nitrogen and oxygen atoms in total. The Hall–Kier alpha value is -1.88. The van der Waals surface area contributed by atoms with Crippen molar-refractivity contribution in [1.29, 1.82) is 0 Å². The smallest absolute Gasteiger partial charge is 0.239 e. The van der Waals surface area contributed by atoms with Crippen LogP contribution in [0.5, 0.6) is 0 Å². The molecule has 0 aromatic heterocycles. The van der Waals surface area contributed by atoms with Crippen LogP contribution in [0.4, 0.5) is 0 Å². The van der Waals surface area contributed by atoms with Crippen LogP contribution in [0.15, 0.2) is 30.3 Å². The van der Waals surface area contributed by atoms with E-state index in [-0.39, 0.29) is 30.9 Å². The topological polar surface area (TPSA) is 70.2 Å². The average Bonchev–Trinajstić information content (AvgIpc) is 2.41. The predicted octanol–water partition coefficient (Wildman–Crippen LogP) is 0.417. The van der Waals surface area contributed by atoms with Crippen LogP contribution in [0.2, 0.25) is 0 Å². The molecular weight excluding hydrogens is 242 g/mol. The molecule has 2 amide bonds. The first-order valence-electron chi connectivity index (χ1n) is 6.38. The molecule has 0 aliphatic rings. The van der Waals surface area contributed by atoms with Gasteiger partial charge in [0.2, 0.25) is 11.8 Å². The van der Waals surface area contributed by atoms with Crippen LogP contribution in [-0.4, -0.2) is 30.9 Å². The highest BCUT2D eigenvalue weighted by Crippen LogP contribution is 1.96. The van der Waals surface area contributed by atoms with E-state index < -0.39 is 0 Å². The van der Waals surface area contributed by atoms with Gasteiger partial charge in [-0.3, -0.25) is 9.59 Å².